The lowest BCUT2D eigenvalue weighted by atomic mass is 10.1. The smallest absolute Gasteiger partial charge is 0.134 e. The number of hydrogen-bond acceptors (Lipinski definition) is 2. The van der Waals surface area contributed by atoms with E-state index < -0.39 is 0 Å². The third-order valence-corrected chi connectivity index (χ3v) is 3.54. The zero-order chi connectivity index (χ0) is 13.2. The van der Waals surface area contributed by atoms with Crippen molar-refractivity contribution in [3.05, 3.63) is 64.3 Å². The molecule has 0 aliphatic rings. The fourth-order valence-corrected chi connectivity index (χ4v) is 2.81. The van der Waals surface area contributed by atoms with Crippen molar-refractivity contribution in [2.75, 3.05) is 5.32 Å². The average Bonchev–Trinajstić information content (AvgIpc) is 2.78. The fourth-order valence-electron chi connectivity index (χ4n) is 2.21. The van der Waals surface area contributed by atoms with Gasteiger partial charge in [0.15, 0.2) is 0 Å². The van der Waals surface area contributed by atoms with Crippen LogP contribution in [0.4, 0.5) is 5.69 Å². The van der Waals surface area contributed by atoms with Gasteiger partial charge >= 0.3 is 0 Å². The number of para-hydroxylation sites is 1. The molecule has 3 aromatic rings. The topological polar surface area (TPSA) is 25.2 Å². The molecule has 19 heavy (non-hydrogen) atoms. The van der Waals surface area contributed by atoms with Crippen LogP contribution < -0.4 is 5.32 Å². The van der Waals surface area contributed by atoms with Gasteiger partial charge in [-0.15, -0.1) is 0 Å². The maximum absolute atomic E-state index is 5.54. The second-order valence-corrected chi connectivity index (χ2v) is 5.54. The lowest BCUT2D eigenvalue weighted by molar-refractivity contribution is 0.611. The van der Waals surface area contributed by atoms with Crippen LogP contribution in [0.2, 0.25) is 0 Å². The van der Waals surface area contributed by atoms with Gasteiger partial charge in [-0.2, -0.15) is 0 Å². The standard InChI is InChI=1S/C16H14BrNO/c1-11-6-13(17)8-14(7-11)18-9-12-10-19-16-5-3-2-4-15(12)16/h2-8,10,18H,9H2,1H3. The Hall–Kier alpha value is -1.74. The van der Waals surface area contributed by atoms with Crippen LogP contribution in [0.3, 0.4) is 0 Å². The van der Waals surface area contributed by atoms with Crippen molar-refractivity contribution in [3.8, 4) is 0 Å². The number of rotatable bonds is 3. The highest BCUT2D eigenvalue weighted by Crippen LogP contribution is 2.23. The summed E-state index contributed by atoms with van der Waals surface area (Å²) in [6.45, 7) is 2.84. The van der Waals surface area contributed by atoms with Crippen LogP contribution in [0.15, 0.2) is 57.6 Å². The monoisotopic (exact) mass is 315 g/mol. The van der Waals surface area contributed by atoms with Gasteiger partial charge in [0.1, 0.15) is 5.58 Å². The molecule has 0 aliphatic heterocycles. The predicted molar refractivity (Wildman–Crippen MR) is 82.4 cm³/mol. The molecule has 0 unspecified atom stereocenters. The largest absolute Gasteiger partial charge is 0.464 e. The molecule has 2 nitrogen and oxygen atoms in total. The van der Waals surface area contributed by atoms with E-state index in [2.05, 4.69) is 52.4 Å². The molecular formula is C16H14BrNO. The number of hydrogen-bond donors (Lipinski definition) is 1. The van der Waals surface area contributed by atoms with E-state index in [1.54, 1.807) is 0 Å². The van der Waals surface area contributed by atoms with Crippen LogP contribution in [0, 0.1) is 6.92 Å². The minimum atomic E-state index is 0.757. The Labute approximate surface area is 120 Å². The fraction of sp³-hybridized carbons (Fsp3) is 0.125. The van der Waals surface area contributed by atoms with E-state index in [1.807, 2.05) is 24.5 Å². The van der Waals surface area contributed by atoms with E-state index in [0.29, 0.717) is 0 Å². The van der Waals surface area contributed by atoms with Crippen molar-refractivity contribution in [2.45, 2.75) is 13.5 Å². The molecule has 1 aromatic heterocycles. The SMILES string of the molecule is Cc1cc(Br)cc(NCc2coc3ccccc23)c1. The van der Waals surface area contributed by atoms with Gasteiger partial charge in [-0.05, 0) is 36.8 Å². The average molecular weight is 316 g/mol. The zero-order valence-corrected chi connectivity index (χ0v) is 12.2. The molecule has 0 atom stereocenters. The summed E-state index contributed by atoms with van der Waals surface area (Å²) in [6, 6.07) is 14.4. The first-order valence-electron chi connectivity index (χ1n) is 6.18. The number of halogens is 1. The Bertz CT molecular complexity index is 697. The van der Waals surface area contributed by atoms with Crippen LogP contribution >= 0.6 is 15.9 Å². The van der Waals surface area contributed by atoms with E-state index in [4.69, 9.17) is 4.42 Å². The second-order valence-electron chi connectivity index (χ2n) is 4.63. The van der Waals surface area contributed by atoms with Gasteiger partial charge in [0.25, 0.3) is 0 Å². The Balaban J connectivity index is 1.82. The first kappa shape index (κ1) is 12.3. The summed E-state index contributed by atoms with van der Waals surface area (Å²) in [5.41, 5.74) is 4.45. The third-order valence-electron chi connectivity index (χ3n) is 3.09. The predicted octanol–water partition coefficient (Wildman–Crippen LogP) is 5.12. The summed E-state index contributed by atoms with van der Waals surface area (Å²) in [7, 11) is 0. The summed E-state index contributed by atoms with van der Waals surface area (Å²) in [5.74, 6) is 0. The highest BCUT2D eigenvalue weighted by molar-refractivity contribution is 9.10. The third kappa shape index (κ3) is 2.66. The molecule has 0 aliphatic carbocycles. The maximum atomic E-state index is 5.54. The minimum Gasteiger partial charge on any atom is -0.464 e. The Morgan fingerprint density at radius 2 is 2.00 bits per heavy atom. The van der Waals surface area contributed by atoms with Crippen LogP contribution in [0.25, 0.3) is 11.0 Å². The van der Waals surface area contributed by atoms with E-state index in [1.165, 1.54) is 16.5 Å². The number of nitrogens with one attached hydrogen (secondary N) is 1. The molecular weight excluding hydrogens is 302 g/mol. The molecule has 1 heterocycles. The van der Waals surface area contributed by atoms with Crippen molar-refractivity contribution in [2.24, 2.45) is 0 Å². The highest BCUT2D eigenvalue weighted by atomic mass is 79.9. The molecule has 0 bridgehead atoms. The van der Waals surface area contributed by atoms with Crippen molar-refractivity contribution < 1.29 is 4.42 Å². The lowest BCUT2D eigenvalue weighted by Gasteiger charge is -2.07. The highest BCUT2D eigenvalue weighted by Gasteiger charge is 2.04. The van der Waals surface area contributed by atoms with Gasteiger partial charge in [0.2, 0.25) is 0 Å². The molecule has 2 aromatic carbocycles. The van der Waals surface area contributed by atoms with Crippen LogP contribution in [0.1, 0.15) is 11.1 Å². The molecule has 0 fully saturated rings. The Morgan fingerprint density at radius 3 is 2.84 bits per heavy atom. The molecule has 0 spiro atoms. The molecule has 0 saturated carbocycles. The molecule has 3 rings (SSSR count). The summed E-state index contributed by atoms with van der Waals surface area (Å²) < 4.78 is 6.63. The van der Waals surface area contributed by atoms with Gasteiger partial charge in [0, 0.05) is 27.7 Å². The quantitative estimate of drug-likeness (QED) is 0.726. The first-order valence-corrected chi connectivity index (χ1v) is 6.98. The normalized spacial score (nSPS) is 10.8. The number of aryl methyl sites for hydroxylation is 1. The minimum absolute atomic E-state index is 0.757. The van der Waals surface area contributed by atoms with Gasteiger partial charge in [-0.3, -0.25) is 0 Å². The lowest BCUT2D eigenvalue weighted by Crippen LogP contribution is -1.98. The number of benzene rings is 2. The first-order chi connectivity index (χ1) is 9.22. The summed E-state index contributed by atoms with van der Waals surface area (Å²) in [5, 5.41) is 4.60. The van der Waals surface area contributed by atoms with Crippen molar-refractivity contribution in [1.29, 1.82) is 0 Å². The van der Waals surface area contributed by atoms with E-state index >= 15 is 0 Å². The maximum Gasteiger partial charge on any atom is 0.134 e. The summed E-state index contributed by atoms with van der Waals surface area (Å²) >= 11 is 3.51. The summed E-state index contributed by atoms with van der Waals surface area (Å²) in [6.07, 6.45) is 1.82. The number of fused-ring (bicyclic) bond motifs is 1. The van der Waals surface area contributed by atoms with Crippen LogP contribution in [-0.2, 0) is 6.54 Å². The molecule has 0 amide bonds. The van der Waals surface area contributed by atoms with Gasteiger partial charge in [-0.25, -0.2) is 0 Å². The second kappa shape index (κ2) is 5.10. The van der Waals surface area contributed by atoms with Gasteiger partial charge < -0.3 is 9.73 Å². The Morgan fingerprint density at radius 1 is 1.16 bits per heavy atom. The van der Waals surface area contributed by atoms with E-state index in [9.17, 15) is 0 Å². The van der Waals surface area contributed by atoms with Crippen molar-refractivity contribution >= 4 is 32.6 Å². The Kier molecular flexibility index (Phi) is 3.30. The number of furan rings is 1. The molecule has 1 N–H and O–H groups in total. The molecule has 0 saturated heterocycles. The molecule has 96 valence electrons. The van der Waals surface area contributed by atoms with Crippen LogP contribution in [0.5, 0.6) is 0 Å². The van der Waals surface area contributed by atoms with Gasteiger partial charge in [-0.1, -0.05) is 34.1 Å². The van der Waals surface area contributed by atoms with Gasteiger partial charge in [0.05, 0.1) is 6.26 Å². The number of anilines is 1. The van der Waals surface area contributed by atoms with Crippen molar-refractivity contribution in [3.63, 3.8) is 0 Å². The van der Waals surface area contributed by atoms with Crippen LogP contribution in [-0.4, -0.2) is 0 Å². The van der Waals surface area contributed by atoms with Crippen molar-refractivity contribution in [1.82, 2.24) is 0 Å². The zero-order valence-electron chi connectivity index (χ0n) is 10.6. The van der Waals surface area contributed by atoms with E-state index in [0.717, 1.165) is 22.3 Å². The van der Waals surface area contributed by atoms with E-state index in [-0.39, 0.29) is 0 Å². The summed E-state index contributed by atoms with van der Waals surface area (Å²) in [4.78, 5) is 0. The molecule has 3 heteroatoms. The molecule has 0 radical (unpaired) electrons.